The molecule has 0 saturated carbocycles. The predicted molar refractivity (Wildman–Crippen MR) is 86.7 cm³/mol. The molecule has 0 fully saturated rings. The molecular formula is C15H12BrCl2FO2. The van der Waals surface area contributed by atoms with Crippen molar-refractivity contribution in [3.05, 3.63) is 57.3 Å². The second-order valence-corrected chi connectivity index (χ2v) is 5.88. The van der Waals surface area contributed by atoms with Crippen molar-refractivity contribution in [3.63, 3.8) is 0 Å². The minimum Gasteiger partial charge on any atom is -0.495 e. The third kappa shape index (κ3) is 3.12. The number of rotatable bonds is 4. The van der Waals surface area contributed by atoms with Crippen molar-refractivity contribution in [3.8, 4) is 11.5 Å². The van der Waals surface area contributed by atoms with E-state index in [0.717, 1.165) is 5.56 Å². The van der Waals surface area contributed by atoms with E-state index in [1.165, 1.54) is 20.3 Å². The van der Waals surface area contributed by atoms with Crippen molar-refractivity contribution < 1.29 is 13.9 Å². The van der Waals surface area contributed by atoms with Crippen LogP contribution in [0.1, 0.15) is 16.0 Å². The van der Waals surface area contributed by atoms with Gasteiger partial charge in [-0.1, -0.05) is 57.3 Å². The molecule has 0 aliphatic rings. The van der Waals surface area contributed by atoms with Crippen LogP contribution in [0.15, 0.2) is 30.3 Å². The Balaban J connectivity index is 2.56. The molecule has 0 saturated heterocycles. The van der Waals surface area contributed by atoms with Crippen LogP contribution in [-0.2, 0) is 0 Å². The summed E-state index contributed by atoms with van der Waals surface area (Å²) in [7, 11) is 3.03. The highest BCUT2D eigenvalue weighted by Crippen LogP contribution is 2.45. The Morgan fingerprint density at radius 1 is 1.00 bits per heavy atom. The highest BCUT2D eigenvalue weighted by molar-refractivity contribution is 9.09. The van der Waals surface area contributed by atoms with E-state index in [1.54, 1.807) is 24.3 Å². The van der Waals surface area contributed by atoms with E-state index in [2.05, 4.69) is 15.9 Å². The highest BCUT2D eigenvalue weighted by Gasteiger charge is 2.22. The van der Waals surface area contributed by atoms with Gasteiger partial charge in [-0.2, -0.15) is 0 Å². The second kappa shape index (κ2) is 6.86. The van der Waals surface area contributed by atoms with Gasteiger partial charge < -0.3 is 9.47 Å². The van der Waals surface area contributed by atoms with Crippen LogP contribution in [-0.4, -0.2) is 14.2 Å². The first-order chi connectivity index (χ1) is 10.0. The van der Waals surface area contributed by atoms with Crippen LogP contribution in [0.2, 0.25) is 10.0 Å². The van der Waals surface area contributed by atoms with Crippen molar-refractivity contribution in [2.45, 2.75) is 4.83 Å². The Kier molecular flexibility index (Phi) is 5.36. The lowest BCUT2D eigenvalue weighted by molar-refractivity contribution is 0.392. The van der Waals surface area contributed by atoms with Crippen LogP contribution in [0.5, 0.6) is 11.5 Å². The van der Waals surface area contributed by atoms with Crippen LogP contribution in [0.3, 0.4) is 0 Å². The Morgan fingerprint density at radius 2 is 1.71 bits per heavy atom. The molecule has 2 aromatic rings. The van der Waals surface area contributed by atoms with Crippen LogP contribution in [0, 0.1) is 5.82 Å². The van der Waals surface area contributed by atoms with Gasteiger partial charge in [-0.05, 0) is 17.7 Å². The fourth-order valence-corrected chi connectivity index (χ4v) is 3.44. The largest absolute Gasteiger partial charge is 0.495 e. The van der Waals surface area contributed by atoms with Gasteiger partial charge in [0.2, 0.25) is 0 Å². The van der Waals surface area contributed by atoms with E-state index in [-0.39, 0.29) is 9.85 Å². The minimum absolute atomic E-state index is 0.0633. The molecule has 0 bridgehead atoms. The van der Waals surface area contributed by atoms with Crippen molar-refractivity contribution in [1.29, 1.82) is 0 Å². The van der Waals surface area contributed by atoms with Crippen molar-refractivity contribution in [1.82, 2.24) is 0 Å². The molecular weight excluding hydrogens is 382 g/mol. The second-order valence-electron chi connectivity index (χ2n) is 4.21. The maximum Gasteiger partial charge on any atom is 0.145 e. The molecule has 0 aromatic heterocycles. The lowest BCUT2D eigenvalue weighted by Gasteiger charge is -2.18. The average molecular weight is 394 g/mol. The summed E-state index contributed by atoms with van der Waals surface area (Å²) in [6, 6.07) is 8.17. The van der Waals surface area contributed by atoms with Gasteiger partial charge in [0.25, 0.3) is 0 Å². The van der Waals surface area contributed by atoms with E-state index in [9.17, 15) is 4.39 Å². The van der Waals surface area contributed by atoms with Crippen molar-refractivity contribution in [2.75, 3.05) is 14.2 Å². The zero-order valence-corrected chi connectivity index (χ0v) is 14.4. The Bertz CT molecular complexity index is 664. The monoisotopic (exact) mass is 392 g/mol. The molecule has 2 aromatic carbocycles. The van der Waals surface area contributed by atoms with E-state index < -0.39 is 5.82 Å². The van der Waals surface area contributed by atoms with Crippen molar-refractivity contribution >= 4 is 39.1 Å². The number of hydrogen-bond donors (Lipinski definition) is 0. The summed E-state index contributed by atoms with van der Waals surface area (Å²) in [5.41, 5.74) is 1.33. The van der Waals surface area contributed by atoms with Crippen LogP contribution in [0.4, 0.5) is 4.39 Å². The predicted octanol–water partition coefficient (Wildman–Crippen LogP) is 5.63. The van der Waals surface area contributed by atoms with E-state index >= 15 is 0 Å². The summed E-state index contributed by atoms with van der Waals surface area (Å²) < 4.78 is 24.1. The smallest absolute Gasteiger partial charge is 0.145 e. The van der Waals surface area contributed by atoms with E-state index in [1.807, 2.05) is 0 Å². The summed E-state index contributed by atoms with van der Waals surface area (Å²) in [4.78, 5) is -0.362. The maximum atomic E-state index is 13.6. The quantitative estimate of drug-likeness (QED) is 0.626. The van der Waals surface area contributed by atoms with Gasteiger partial charge >= 0.3 is 0 Å². The van der Waals surface area contributed by atoms with E-state index in [4.69, 9.17) is 32.7 Å². The highest BCUT2D eigenvalue weighted by atomic mass is 79.9. The molecule has 21 heavy (non-hydrogen) atoms. The molecule has 112 valence electrons. The molecule has 1 atom stereocenters. The Morgan fingerprint density at radius 3 is 2.33 bits per heavy atom. The summed E-state index contributed by atoms with van der Waals surface area (Å²) in [5.74, 6) is 0.484. The number of alkyl halides is 1. The summed E-state index contributed by atoms with van der Waals surface area (Å²) >= 11 is 15.8. The zero-order chi connectivity index (χ0) is 15.6. The minimum atomic E-state index is -0.475. The summed E-state index contributed by atoms with van der Waals surface area (Å²) in [6.45, 7) is 0. The van der Waals surface area contributed by atoms with Gasteiger partial charge in [0, 0.05) is 5.56 Å². The van der Waals surface area contributed by atoms with Crippen LogP contribution in [0.25, 0.3) is 0 Å². The Labute approximate surface area is 140 Å². The first-order valence-electron chi connectivity index (χ1n) is 5.99. The molecule has 0 heterocycles. The standard InChI is InChI=1S/C15H12BrCl2FO2/c1-20-11-7-6-9(15(21-2)14(11)18)12(16)8-4-3-5-10(19)13(8)17/h3-7,12H,1-2H3. The first kappa shape index (κ1) is 16.4. The Hall–Kier alpha value is -0.970. The molecule has 0 radical (unpaired) electrons. The number of benzene rings is 2. The molecule has 2 rings (SSSR count). The normalized spacial score (nSPS) is 12.1. The fraction of sp³-hybridized carbons (Fsp3) is 0.200. The number of hydrogen-bond acceptors (Lipinski definition) is 2. The van der Waals surface area contributed by atoms with Gasteiger partial charge in [-0.3, -0.25) is 0 Å². The maximum absolute atomic E-state index is 13.6. The topological polar surface area (TPSA) is 18.5 Å². The van der Waals surface area contributed by atoms with Gasteiger partial charge in [0.15, 0.2) is 0 Å². The molecule has 6 heteroatoms. The summed E-state index contributed by atoms with van der Waals surface area (Å²) in [5, 5.41) is 0.419. The SMILES string of the molecule is COc1ccc(C(Br)c2cccc(F)c2Cl)c(OC)c1Cl. The van der Waals surface area contributed by atoms with Crippen molar-refractivity contribution in [2.24, 2.45) is 0 Å². The van der Waals surface area contributed by atoms with Crippen LogP contribution >= 0.6 is 39.1 Å². The molecule has 0 aliphatic heterocycles. The number of ether oxygens (including phenoxy) is 2. The van der Waals surface area contributed by atoms with Gasteiger partial charge in [0.1, 0.15) is 22.3 Å². The van der Waals surface area contributed by atoms with Gasteiger partial charge in [-0.15, -0.1) is 0 Å². The summed E-state index contributed by atoms with van der Waals surface area (Å²) in [6.07, 6.45) is 0. The zero-order valence-electron chi connectivity index (χ0n) is 11.3. The number of halogens is 4. The van der Waals surface area contributed by atoms with E-state index in [0.29, 0.717) is 22.1 Å². The van der Waals surface area contributed by atoms with Gasteiger partial charge in [0.05, 0.1) is 24.1 Å². The average Bonchev–Trinajstić information content (AvgIpc) is 2.49. The molecule has 1 unspecified atom stereocenters. The number of methoxy groups -OCH3 is 2. The molecule has 0 N–H and O–H groups in total. The lowest BCUT2D eigenvalue weighted by atomic mass is 10.0. The first-order valence-corrected chi connectivity index (χ1v) is 7.66. The lowest BCUT2D eigenvalue weighted by Crippen LogP contribution is -2.00. The molecule has 0 spiro atoms. The van der Waals surface area contributed by atoms with Crippen LogP contribution < -0.4 is 9.47 Å². The fourth-order valence-electron chi connectivity index (χ4n) is 2.00. The molecule has 0 aliphatic carbocycles. The van der Waals surface area contributed by atoms with Gasteiger partial charge in [-0.25, -0.2) is 4.39 Å². The molecule has 2 nitrogen and oxygen atoms in total. The third-order valence-corrected chi connectivity index (χ3v) is 4.79. The third-order valence-electron chi connectivity index (χ3n) is 3.04. The molecule has 0 amide bonds.